The molecule has 0 aliphatic carbocycles. The molecule has 0 spiro atoms. The van der Waals surface area contributed by atoms with Crippen LogP contribution < -0.4 is 10.6 Å². The fourth-order valence-electron chi connectivity index (χ4n) is 4.73. The Morgan fingerprint density at radius 3 is 2.92 bits per heavy atom. The normalized spacial score (nSPS) is 21.5. The third-order valence-electron chi connectivity index (χ3n) is 6.61. The van der Waals surface area contributed by atoms with Gasteiger partial charge < -0.3 is 25.2 Å². The monoisotopic (exact) mass is 550 g/mol. The van der Waals surface area contributed by atoms with Gasteiger partial charge >= 0.3 is 0 Å². The number of hydrogen-bond donors (Lipinski definition) is 4. The number of H-pyrrole nitrogens is 1. The van der Waals surface area contributed by atoms with Crippen molar-refractivity contribution in [2.24, 2.45) is 0 Å². The molecule has 4 N–H and O–H groups in total. The molecule has 5 heterocycles. The molecule has 0 saturated carbocycles. The molecule has 0 radical (unpaired) electrons. The number of anilines is 3. The molecule has 1 aromatic carbocycles. The summed E-state index contributed by atoms with van der Waals surface area (Å²) in [5.74, 6) is 1.20. The van der Waals surface area contributed by atoms with Crippen LogP contribution in [-0.2, 0) is 14.3 Å². The minimum Gasteiger partial charge on any atom is -0.389 e. The third-order valence-corrected chi connectivity index (χ3v) is 7.47. The largest absolute Gasteiger partial charge is 0.389 e. The summed E-state index contributed by atoms with van der Waals surface area (Å²) in [5.41, 5.74) is 2.48. The van der Waals surface area contributed by atoms with Crippen LogP contribution in [0.25, 0.3) is 5.52 Å². The van der Waals surface area contributed by atoms with Crippen LogP contribution >= 0.6 is 11.8 Å². The van der Waals surface area contributed by atoms with E-state index in [2.05, 4.69) is 25.9 Å². The molecule has 0 bridgehead atoms. The summed E-state index contributed by atoms with van der Waals surface area (Å²) >= 11 is 1.42. The molecule has 2 saturated heterocycles. The van der Waals surface area contributed by atoms with E-state index in [-0.39, 0.29) is 24.7 Å². The van der Waals surface area contributed by atoms with Gasteiger partial charge in [0.1, 0.15) is 5.52 Å². The van der Waals surface area contributed by atoms with Gasteiger partial charge in [-0.25, -0.2) is 9.50 Å². The smallest absolute Gasteiger partial charge is 0.238 e. The second kappa shape index (κ2) is 11.3. The fraction of sp³-hybridized carbons (Fsp3) is 0.385. The molecule has 39 heavy (non-hydrogen) atoms. The van der Waals surface area contributed by atoms with Crippen molar-refractivity contribution in [3.8, 4) is 0 Å². The van der Waals surface area contributed by atoms with E-state index < -0.39 is 6.10 Å². The lowest BCUT2D eigenvalue weighted by Gasteiger charge is -2.19. The predicted molar refractivity (Wildman–Crippen MR) is 145 cm³/mol. The van der Waals surface area contributed by atoms with Crippen LogP contribution in [0, 0.1) is 6.92 Å². The van der Waals surface area contributed by atoms with E-state index in [1.54, 1.807) is 4.52 Å². The van der Waals surface area contributed by atoms with E-state index >= 15 is 0 Å². The lowest BCUT2D eigenvalue weighted by molar-refractivity contribution is -0.117. The number of aromatic nitrogens is 5. The zero-order valence-electron chi connectivity index (χ0n) is 21.4. The van der Waals surface area contributed by atoms with Gasteiger partial charge in [0.25, 0.3) is 0 Å². The molecule has 2 aliphatic rings. The molecule has 2 aliphatic heterocycles. The van der Waals surface area contributed by atoms with Gasteiger partial charge in [0.05, 0.1) is 31.5 Å². The SMILES string of the molecule is Cc1cc(Nc2nc(Sc3ccc(NC(=O)CN4C[C@@H](O)[C@H](OC5CCOC5)C4)cc3)nn3cccc23)n[nH]1. The maximum atomic E-state index is 12.7. The van der Waals surface area contributed by atoms with Crippen molar-refractivity contribution in [2.45, 2.75) is 41.7 Å². The maximum absolute atomic E-state index is 12.7. The number of β-amino-alcohol motifs (C(OH)–C–C–N with tert-alkyl or cyclic N) is 1. The number of carbonyl (C=O) groups is 1. The second-order valence-corrected chi connectivity index (χ2v) is 10.8. The number of amides is 1. The summed E-state index contributed by atoms with van der Waals surface area (Å²) < 4.78 is 13.1. The fourth-order valence-corrected chi connectivity index (χ4v) is 5.48. The third kappa shape index (κ3) is 6.23. The summed E-state index contributed by atoms with van der Waals surface area (Å²) in [6.45, 7) is 4.30. The highest BCUT2D eigenvalue weighted by Crippen LogP contribution is 2.29. The van der Waals surface area contributed by atoms with Crippen LogP contribution in [-0.4, -0.2) is 91.9 Å². The first-order chi connectivity index (χ1) is 19.0. The van der Waals surface area contributed by atoms with Crippen LogP contribution in [0.3, 0.4) is 0 Å². The van der Waals surface area contributed by atoms with Gasteiger partial charge in [-0.1, -0.05) is 0 Å². The minimum atomic E-state index is -0.609. The molecule has 1 unspecified atom stereocenters. The van der Waals surface area contributed by atoms with Crippen molar-refractivity contribution in [1.29, 1.82) is 0 Å². The first-order valence-corrected chi connectivity index (χ1v) is 13.7. The molecule has 2 fully saturated rings. The van der Waals surface area contributed by atoms with Crippen molar-refractivity contribution in [3.63, 3.8) is 0 Å². The van der Waals surface area contributed by atoms with Gasteiger partial charge in [0.15, 0.2) is 11.6 Å². The molecule has 204 valence electrons. The Kier molecular flexibility index (Phi) is 7.48. The van der Waals surface area contributed by atoms with Gasteiger partial charge in [0.2, 0.25) is 11.1 Å². The van der Waals surface area contributed by atoms with E-state index in [0.29, 0.717) is 48.8 Å². The maximum Gasteiger partial charge on any atom is 0.238 e. The second-order valence-electron chi connectivity index (χ2n) is 9.74. The highest BCUT2D eigenvalue weighted by molar-refractivity contribution is 7.99. The molecule has 3 atom stereocenters. The first kappa shape index (κ1) is 25.8. The molecule has 13 heteroatoms. The molecular formula is C26H30N8O4S. The van der Waals surface area contributed by atoms with E-state index in [4.69, 9.17) is 14.5 Å². The number of aryl methyl sites for hydroxylation is 1. The van der Waals surface area contributed by atoms with Gasteiger partial charge in [-0.3, -0.25) is 14.8 Å². The summed E-state index contributed by atoms with van der Waals surface area (Å²) in [4.78, 5) is 20.2. The average Bonchev–Trinajstić information content (AvgIpc) is 3.71. The zero-order valence-corrected chi connectivity index (χ0v) is 22.2. The number of fused-ring (bicyclic) bond motifs is 1. The first-order valence-electron chi connectivity index (χ1n) is 12.8. The number of ether oxygens (including phenoxy) is 2. The number of aromatic amines is 1. The Balaban J connectivity index is 1.05. The summed E-state index contributed by atoms with van der Waals surface area (Å²) in [5, 5.41) is 28.9. The number of hydrogen-bond acceptors (Lipinski definition) is 10. The molecule has 6 rings (SSSR count). The van der Waals surface area contributed by atoms with Crippen LogP contribution in [0.1, 0.15) is 12.1 Å². The van der Waals surface area contributed by atoms with Gasteiger partial charge in [-0.05, 0) is 61.5 Å². The molecule has 3 aromatic heterocycles. The number of nitrogens with one attached hydrogen (secondary N) is 3. The highest BCUT2D eigenvalue weighted by atomic mass is 32.2. The van der Waals surface area contributed by atoms with E-state index in [1.165, 1.54) is 11.8 Å². The zero-order chi connectivity index (χ0) is 26.8. The van der Waals surface area contributed by atoms with E-state index in [1.807, 2.05) is 60.5 Å². The molecule has 4 aromatic rings. The quantitative estimate of drug-likeness (QED) is 0.245. The number of likely N-dealkylation sites (tertiary alicyclic amines) is 1. The Morgan fingerprint density at radius 2 is 2.15 bits per heavy atom. The topological polar surface area (TPSA) is 142 Å². The summed E-state index contributed by atoms with van der Waals surface area (Å²) in [7, 11) is 0. The van der Waals surface area contributed by atoms with Gasteiger partial charge in [-0.2, -0.15) is 5.10 Å². The van der Waals surface area contributed by atoms with Crippen molar-refractivity contribution < 1.29 is 19.4 Å². The average molecular weight is 551 g/mol. The predicted octanol–water partition coefficient (Wildman–Crippen LogP) is 2.44. The number of aliphatic hydroxyl groups excluding tert-OH is 1. The number of nitrogens with zero attached hydrogens (tertiary/aromatic N) is 5. The van der Waals surface area contributed by atoms with Crippen LogP contribution in [0.5, 0.6) is 0 Å². The van der Waals surface area contributed by atoms with E-state index in [0.717, 1.165) is 22.5 Å². The Morgan fingerprint density at radius 1 is 1.28 bits per heavy atom. The van der Waals surface area contributed by atoms with Crippen LogP contribution in [0.15, 0.2) is 58.7 Å². The minimum absolute atomic E-state index is 0.0219. The van der Waals surface area contributed by atoms with E-state index in [9.17, 15) is 9.90 Å². The van der Waals surface area contributed by atoms with Crippen molar-refractivity contribution in [1.82, 2.24) is 29.7 Å². The highest BCUT2D eigenvalue weighted by Gasteiger charge is 2.35. The number of carbonyl (C=O) groups excluding carboxylic acids is 1. The summed E-state index contributed by atoms with van der Waals surface area (Å²) in [6, 6.07) is 13.3. The number of benzene rings is 1. The number of rotatable bonds is 9. The molecular weight excluding hydrogens is 520 g/mol. The molecule has 1 amide bonds. The van der Waals surface area contributed by atoms with Crippen molar-refractivity contribution in [3.05, 3.63) is 54.4 Å². The lowest BCUT2D eigenvalue weighted by atomic mass is 10.2. The Hall–Kier alpha value is -3.49. The van der Waals surface area contributed by atoms with Crippen molar-refractivity contribution >= 4 is 40.5 Å². The number of aliphatic hydroxyl groups is 1. The van der Waals surface area contributed by atoms with Crippen LogP contribution in [0.2, 0.25) is 0 Å². The molecule has 12 nitrogen and oxygen atoms in total. The van der Waals surface area contributed by atoms with Crippen molar-refractivity contribution in [2.75, 3.05) is 43.5 Å². The lowest BCUT2D eigenvalue weighted by Crippen LogP contribution is -2.33. The standard InChI is InChI=1S/C26H30N8O4S/c1-16-11-23(31-30-16)28-25-20-3-2-9-34(20)32-26(29-25)39-19-6-4-17(5-7-19)27-24(36)14-33-12-21(35)22(13-33)38-18-8-10-37-15-18/h2-7,9,11,18,21-22,35H,8,10,12-15H2,1H3,(H,27,36)(H2,28,29,30,31,32)/t18?,21-,22-/m1/s1. The van der Waals surface area contributed by atoms with Crippen LogP contribution in [0.4, 0.5) is 17.3 Å². The Bertz CT molecular complexity index is 1440. The van der Waals surface area contributed by atoms with Gasteiger partial charge in [0, 0.05) is 48.2 Å². The summed E-state index contributed by atoms with van der Waals surface area (Å²) in [6.07, 6.45) is 1.83. The van der Waals surface area contributed by atoms with Gasteiger partial charge in [-0.15, -0.1) is 5.10 Å². The Labute approximate surface area is 229 Å².